The molecule has 9 nitrogen and oxygen atoms in total. The van der Waals surface area contributed by atoms with Gasteiger partial charge in [-0.15, -0.1) is 0 Å². The minimum absolute atomic E-state index is 0.132. The lowest BCUT2D eigenvalue weighted by Crippen LogP contribution is -2.46. The first-order valence-corrected chi connectivity index (χ1v) is 8.92. The minimum atomic E-state index is -0.821. The lowest BCUT2D eigenvalue weighted by Gasteiger charge is -2.31. The largest absolute Gasteiger partial charge is 0.380 e. The number of aromatic nitrogens is 4. The summed E-state index contributed by atoms with van der Waals surface area (Å²) in [7, 11) is 1.79. The Labute approximate surface area is 151 Å². The van der Waals surface area contributed by atoms with E-state index < -0.39 is 6.10 Å². The SMILES string of the molecule is Cn1nccc1C(O)c1cc2n(n1)CCN(C(=O)CN1CCOCC1)C2. The highest BCUT2D eigenvalue weighted by Gasteiger charge is 2.26. The molecule has 2 aliphatic heterocycles. The van der Waals surface area contributed by atoms with Gasteiger partial charge < -0.3 is 14.7 Å². The number of hydrogen-bond donors (Lipinski definition) is 1. The van der Waals surface area contributed by atoms with Crippen molar-refractivity contribution in [3.05, 3.63) is 35.4 Å². The predicted molar refractivity (Wildman–Crippen MR) is 92.2 cm³/mol. The molecule has 1 unspecified atom stereocenters. The third-order valence-electron chi connectivity index (χ3n) is 5.05. The zero-order chi connectivity index (χ0) is 18.1. The molecule has 26 heavy (non-hydrogen) atoms. The molecule has 0 spiro atoms. The van der Waals surface area contributed by atoms with Gasteiger partial charge in [0, 0.05) is 32.9 Å². The molecule has 1 atom stereocenters. The summed E-state index contributed by atoms with van der Waals surface area (Å²) < 4.78 is 8.85. The summed E-state index contributed by atoms with van der Waals surface area (Å²) in [5, 5.41) is 19.2. The molecule has 1 N–H and O–H groups in total. The van der Waals surface area contributed by atoms with Crippen LogP contribution in [-0.2, 0) is 29.7 Å². The van der Waals surface area contributed by atoms with E-state index in [1.54, 1.807) is 24.0 Å². The number of nitrogens with zero attached hydrogens (tertiary/aromatic N) is 6. The van der Waals surface area contributed by atoms with Crippen LogP contribution in [0.2, 0.25) is 0 Å². The zero-order valence-corrected chi connectivity index (χ0v) is 14.9. The Morgan fingerprint density at radius 1 is 1.31 bits per heavy atom. The van der Waals surface area contributed by atoms with Crippen molar-refractivity contribution in [1.29, 1.82) is 0 Å². The van der Waals surface area contributed by atoms with E-state index in [0.29, 0.717) is 50.8 Å². The monoisotopic (exact) mass is 360 g/mol. The van der Waals surface area contributed by atoms with Crippen molar-refractivity contribution < 1.29 is 14.6 Å². The first kappa shape index (κ1) is 17.2. The summed E-state index contributed by atoms with van der Waals surface area (Å²) in [6.45, 7) is 5.22. The van der Waals surface area contributed by atoms with Gasteiger partial charge in [0.05, 0.1) is 49.9 Å². The zero-order valence-electron chi connectivity index (χ0n) is 14.9. The topological polar surface area (TPSA) is 88.7 Å². The number of hydrogen-bond acceptors (Lipinski definition) is 6. The first-order chi connectivity index (χ1) is 12.6. The lowest BCUT2D eigenvalue weighted by atomic mass is 10.1. The van der Waals surface area contributed by atoms with E-state index in [4.69, 9.17) is 4.74 Å². The number of fused-ring (bicyclic) bond motifs is 1. The van der Waals surface area contributed by atoms with Crippen LogP contribution in [-0.4, -0.2) is 79.8 Å². The number of carbonyl (C=O) groups excluding carboxylic acids is 1. The molecule has 0 aromatic carbocycles. The van der Waals surface area contributed by atoms with E-state index in [-0.39, 0.29) is 5.91 Å². The Hall–Kier alpha value is -2.23. The van der Waals surface area contributed by atoms with Crippen LogP contribution in [0, 0.1) is 0 Å². The van der Waals surface area contributed by atoms with E-state index >= 15 is 0 Å². The number of carbonyl (C=O) groups is 1. The summed E-state index contributed by atoms with van der Waals surface area (Å²) in [4.78, 5) is 16.6. The maximum atomic E-state index is 12.6. The fourth-order valence-electron chi connectivity index (χ4n) is 3.49. The van der Waals surface area contributed by atoms with E-state index in [1.807, 2.05) is 15.6 Å². The van der Waals surface area contributed by atoms with Gasteiger partial charge in [-0.1, -0.05) is 0 Å². The smallest absolute Gasteiger partial charge is 0.237 e. The van der Waals surface area contributed by atoms with Gasteiger partial charge in [-0.05, 0) is 12.1 Å². The molecule has 1 amide bonds. The van der Waals surface area contributed by atoms with Crippen LogP contribution in [0.15, 0.2) is 18.3 Å². The second-order valence-electron chi connectivity index (χ2n) is 6.77. The van der Waals surface area contributed by atoms with Gasteiger partial charge in [-0.2, -0.15) is 10.2 Å². The van der Waals surface area contributed by atoms with Crippen molar-refractivity contribution in [3.8, 4) is 0 Å². The van der Waals surface area contributed by atoms with Crippen LogP contribution >= 0.6 is 0 Å². The van der Waals surface area contributed by atoms with Crippen molar-refractivity contribution in [3.63, 3.8) is 0 Å². The van der Waals surface area contributed by atoms with E-state index in [9.17, 15) is 9.90 Å². The third-order valence-corrected chi connectivity index (χ3v) is 5.05. The van der Waals surface area contributed by atoms with Crippen molar-refractivity contribution in [2.75, 3.05) is 39.4 Å². The maximum absolute atomic E-state index is 12.6. The van der Waals surface area contributed by atoms with Gasteiger partial charge in [0.1, 0.15) is 6.10 Å². The van der Waals surface area contributed by atoms with Gasteiger partial charge in [-0.3, -0.25) is 19.1 Å². The highest BCUT2D eigenvalue weighted by Crippen LogP contribution is 2.23. The van der Waals surface area contributed by atoms with Crippen LogP contribution in [0.5, 0.6) is 0 Å². The van der Waals surface area contributed by atoms with Crippen LogP contribution in [0.1, 0.15) is 23.2 Å². The normalized spacial score (nSPS) is 19.4. The predicted octanol–water partition coefficient (Wildman–Crippen LogP) is -0.627. The molecule has 4 rings (SSSR count). The third kappa shape index (κ3) is 3.37. The number of morpholine rings is 1. The molecule has 0 bridgehead atoms. The number of rotatable bonds is 4. The van der Waals surface area contributed by atoms with Crippen LogP contribution in [0.25, 0.3) is 0 Å². The van der Waals surface area contributed by atoms with E-state index in [1.165, 1.54) is 0 Å². The quantitative estimate of drug-likeness (QED) is 0.781. The number of ether oxygens (including phenoxy) is 1. The Morgan fingerprint density at radius 3 is 2.85 bits per heavy atom. The number of aryl methyl sites for hydroxylation is 1. The average molecular weight is 360 g/mol. The molecule has 4 heterocycles. The summed E-state index contributed by atoms with van der Waals surface area (Å²) >= 11 is 0. The molecule has 1 saturated heterocycles. The standard InChI is InChI=1S/C17H24N6O3/c1-20-15(2-3-18-20)17(25)14-10-13-11-22(4-5-23(13)19-14)16(24)12-21-6-8-26-9-7-21/h2-3,10,17,25H,4-9,11-12H2,1H3. The minimum Gasteiger partial charge on any atom is -0.380 e. The molecule has 0 saturated carbocycles. The molecule has 2 aromatic rings. The van der Waals surface area contributed by atoms with Crippen LogP contribution in [0.4, 0.5) is 0 Å². The van der Waals surface area contributed by atoms with E-state index in [0.717, 1.165) is 18.8 Å². The summed E-state index contributed by atoms with van der Waals surface area (Å²) in [5.74, 6) is 0.132. The molecule has 1 fully saturated rings. The molecular formula is C17H24N6O3. The summed E-state index contributed by atoms with van der Waals surface area (Å²) in [6, 6.07) is 3.66. The lowest BCUT2D eigenvalue weighted by molar-refractivity contribution is -0.135. The van der Waals surface area contributed by atoms with Gasteiger partial charge in [0.2, 0.25) is 5.91 Å². The maximum Gasteiger partial charge on any atom is 0.237 e. The Balaban J connectivity index is 1.43. The molecule has 0 radical (unpaired) electrons. The van der Waals surface area contributed by atoms with Gasteiger partial charge >= 0.3 is 0 Å². The molecule has 2 aliphatic rings. The number of aliphatic hydroxyl groups excluding tert-OH is 1. The Bertz CT molecular complexity index is 779. The van der Waals surface area contributed by atoms with Gasteiger partial charge in [0.15, 0.2) is 0 Å². The van der Waals surface area contributed by atoms with E-state index in [2.05, 4.69) is 15.1 Å². The molecular weight excluding hydrogens is 336 g/mol. The van der Waals surface area contributed by atoms with Crippen LogP contribution < -0.4 is 0 Å². The highest BCUT2D eigenvalue weighted by atomic mass is 16.5. The van der Waals surface area contributed by atoms with Gasteiger partial charge in [-0.25, -0.2) is 0 Å². The second kappa shape index (κ2) is 7.18. The fraction of sp³-hybridized carbons (Fsp3) is 0.588. The molecule has 140 valence electrons. The first-order valence-electron chi connectivity index (χ1n) is 8.92. The average Bonchev–Trinajstić information content (AvgIpc) is 3.27. The molecule has 0 aliphatic carbocycles. The Kier molecular flexibility index (Phi) is 4.75. The number of aliphatic hydroxyl groups is 1. The summed E-state index contributed by atoms with van der Waals surface area (Å²) in [6.07, 6.45) is 0.832. The fourth-order valence-corrected chi connectivity index (χ4v) is 3.49. The van der Waals surface area contributed by atoms with Crippen molar-refractivity contribution >= 4 is 5.91 Å². The van der Waals surface area contributed by atoms with Crippen molar-refractivity contribution in [1.82, 2.24) is 29.4 Å². The molecule has 9 heteroatoms. The van der Waals surface area contributed by atoms with Crippen molar-refractivity contribution in [2.45, 2.75) is 19.2 Å². The number of amides is 1. The van der Waals surface area contributed by atoms with Crippen molar-refractivity contribution in [2.24, 2.45) is 7.05 Å². The highest BCUT2D eigenvalue weighted by molar-refractivity contribution is 5.78. The molecule has 2 aromatic heterocycles. The van der Waals surface area contributed by atoms with Crippen LogP contribution in [0.3, 0.4) is 0 Å². The van der Waals surface area contributed by atoms with Gasteiger partial charge in [0.25, 0.3) is 0 Å². The summed E-state index contributed by atoms with van der Waals surface area (Å²) in [5.41, 5.74) is 2.23. The second-order valence-corrected chi connectivity index (χ2v) is 6.77. The Morgan fingerprint density at radius 2 is 2.12 bits per heavy atom.